The van der Waals surface area contributed by atoms with Gasteiger partial charge in [-0.05, 0) is 39.3 Å². The Morgan fingerprint density at radius 2 is 2.20 bits per heavy atom. The molecule has 0 radical (unpaired) electrons. The van der Waals surface area contributed by atoms with Gasteiger partial charge in [0.2, 0.25) is 0 Å². The highest BCUT2D eigenvalue weighted by Gasteiger charge is 2.16. The molecule has 1 aliphatic rings. The Morgan fingerprint density at radius 3 is 2.80 bits per heavy atom. The molecule has 3 nitrogen and oxygen atoms in total. The lowest BCUT2D eigenvalue weighted by Gasteiger charge is -2.24. The summed E-state index contributed by atoms with van der Waals surface area (Å²) in [6.45, 7) is 10.7. The molecule has 0 spiro atoms. The molecule has 1 atom stereocenters. The van der Waals surface area contributed by atoms with Gasteiger partial charge in [-0.3, -0.25) is 4.90 Å². The summed E-state index contributed by atoms with van der Waals surface area (Å²) in [4.78, 5) is 2.53. The summed E-state index contributed by atoms with van der Waals surface area (Å²) in [5.74, 6) is 0. The van der Waals surface area contributed by atoms with Gasteiger partial charge in [-0.1, -0.05) is 6.92 Å². The monoisotopic (exact) mass is 214 g/mol. The molecular weight excluding hydrogens is 188 g/mol. The van der Waals surface area contributed by atoms with Gasteiger partial charge in [0.25, 0.3) is 0 Å². The van der Waals surface area contributed by atoms with E-state index in [9.17, 15) is 0 Å². The smallest absolute Gasteiger partial charge is 0.0593 e. The van der Waals surface area contributed by atoms with E-state index in [0.29, 0.717) is 0 Å². The SMILES string of the molecule is CCCN(CCOCC)CC1CCCN1. The van der Waals surface area contributed by atoms with Crippen LogP contribution in [0.3, 0.4) is 0 Å². The second-order valence-corrected chi connectivity index (χ2v) is 4.29. The van der Waals surface area contributed by atoms with Crippen LogP contribution >= 0.6 is 0 Å². The van der Waals surface area contributed by atoms with E-state index < -0.39 is 0 Å². The quantitative estimate of drug-likeness (QED) is 0.620. The van der Waals surface area contributed by atoms with Crippen molar-refractivity contribution in [1.29, 1.82) is 0 Å². The minimum absolute atomic E-state index is 0.721. The van der Waals surface area contributed by atoms with Crippen LogP contribution in [0, 0.1) is 0 Å². The largest absolute Gasteiger partial charge is 0.380 e. The summed E-state index contributed by atoms with van der Waals surface area (Å²) >= 11 is 0. The number of ether oxygens (including phenoxy) is 1. The molecular formula is C12H26N2O. The first kappa shape index (κ1) is 12.9. The highest BCUT2D eigenvalue weighted by molar-refractivity contribution is 4.77. The second kappa shape index (κ2) is 8.08. The van der Waals surface area contributed by atoms with Crippen LogP contribution in [0.25, 0.3) is 0 Å². The molecule has 1 saturated heterocycles. The van der Waals surface area contributed by atoms with Crippen LogP contribution in [0.5, 0.6) is 0 Å². The van der Waals surface area contributed by atoms with E-state index in [-0.39, 0.29) is 0 Å². The molecule has 90 valence electrons. The first-order valence-electron chi connectivity index (χ1n) is 6.40. The van der Waals surface area contributed by atoms with Gasteiger partial charge in [0, 0.05) is 25.7 Å². The molecule has 1 unspecified atom stereocenters. The average Bonchev–Trinajstić information content (AvgIpc) is 2.71. The average molecular weight is 214 g/mol. The normalized spacial score (nSPS) is 21.4. The lowest BCUT2D eigenvalue weighted by atomic mass is 10.2. The number of nitrogens with one attached hydrogen (secondary N) is 1. The summed E-state index contributed by atoms with van der Waals surface area (Å²) in [6, 6.07) is 0.721. The predicted molar refractivity (Wildman–Crippen MR) is 64.2 cm³/mol. The third kappa shape index (κ3) is 5.50. The first-order chi connectivity index (χ1) is 7.36. The van der Waals surface area contributed by atoms with E-state index in [1.165, 1.54) is 38.9 Å². The molecule has 0 aromatic heterocycles. The fourth-order valence-corrected chi connectivity index (χ4v) is 2.17. The van der Waals surface area contributed by atoms with Gasteiger partial charge < -0.3 is 10.1 Å². The van der Waals surface area contributed by atoms with Gasteiger partial charge >= 0.3 is 0 Å². The summed E-state index contributed by atoms with van der Waals surface area (Å²) in [7, 11) is 0. The van der Waals surface area contributed by atoms with Crippen molar-refractivity contribution in [3.8, 4) is 0 Å². The molecule has 1 fully saturated rings. The zero-order valence-electron chi connectivity index (χ0n) is 10.3. The topological polar surface area (TPSA) is 24.5 Å². The van der Waals surface area contributed by atoms with E-state index in [0.717, 1.165) is 25.8 Å². The van der Waals surface area contributed by atoms with E-state index in [1.807, 2.05) is 0 Å². The number of nitrogens with zero attached hydrogens (tertiary/aromatic N) is 1. The van der Waals surface area contributed by atoms with Gasteiger partial charge in [-0.2, -0.15) is 0 Å². The highest BCUT2D eigenvalue weighted by Crippen LogP contribution is 2.07. The molecule has 15 heavy (non-hydrogen) atoms. The van der Waals surface area contributed by atoms with Crippen molar-refractivity contribution in [2.45, 2.75) is 39.2 Å². The van der Waals surface area contributed by atoms with E-state index in [2.05, 4.69) is 24.1 Å². The zero-order valence-corrected chi connectivity index (χ0v) is 10.3. The lowest BCUT2D eigenvalue weighted by Crippen LogP contribution is -2.39. The maximum atomic E-state index is 5.41. The summed E-state index contributed by atoms with van der Waals surface area (Å²) < 4.78 is 5.41. The van der Waals surface area contributed by atoms with Crippen molar-refractivity contribution in [3.05, 3.63) is 0 Å². The van der Waals surface area contributed by atoms with E-state index in [4.69, 9.17) is 4.74 Å². The van der Waals surface area contributed by atoms with Crippen molar-refractivity contribution in [3.63, 3.8) is 0 Å². The van der Waals surface area contributed by atoms with Crippen LogP contribution < -0.4 is 5.32 Å². The maximum absolute atomic E-state index is 5.41. The van der Waals surface area contributed by atoms with Crippen LogP contribution in [0.4, 0.5) is 0 Å². The van der Waals surface area contributed by atoms with Gasteiger partial charge in [0.15, 0.2) is 0 Å². The maximum Gasteiger partial charge on any atom is 0.0593 e. The molecule has 0 bridgehead atoms. The standard InChI is InChI=1S/C12H26N2O/c1-3-8-14(9-10-15-4-2)11-12-6-5-7-13-12/h12-13H,3-11H2,1-2H3. The Labute approximate surface area is 94.2 Å². The van der Waals surface area contributed by atoms with Crippen molar-refractivity contribution in [2.24, 2.45) is 0 Å². The number of hydrogen-bond acceptors (Lipinski definition) is 3. The van der Waals surface area contributed by atoms with Gasteiger partial charge in [0.05, 0.1) is 6.61 Å². The second-order valence-electron chi connectivity index (χ2n) is 4.29. The van der Waals surface area contributed by atoms with Gasteiger partial charge in [0.1, 0.15) is 0 Å². The van der Waals surface area contributed by atoms with Crippen LogP contribution in [-0.4, -0.2) is 50.3 Å². The molecule has 1 heterocycles. The van der Waals surface area contributed by atoms with Crippen LogP contribution in [0.15, 0.2) is 0 Å². The molecule has 0 aromatic rings. The van der Waals surface area contributed by atoms with Gasteiger partial charge in [-0.15, -0.1) is 0 Å². The van der Waals surface area contributed by atoms with Crippen molar-refractivity contribution in [1.82, 2.24) is 10.2 Å². The lowest BCUT2D eigenvalue weighted by molar-refractivity contribution is 0.110. The third-order valence-electron chi connectivity index (χ3n) is 2.94. The Bertz CT molecular complexity index is 147. The Morgan fingerprint density at radius 1 is 1.33 bits per heavy atom. The van der Waals surface area contributed by atoms with E-state index >= 15 is 0 Å². The molecule has 0 aromatic carbocycles. The summed E-state index contributed by atoms with van der Waals surface area (Å²) in [6.07, 6.45) is 3.92. The Hall–Kier alpha value is -0.120. The third-order valence-corrected chi connectivity index (χ3v) is 2.94. The van der Waals surface area contributed by atoms with E-state index in [1.54, 1.807) is 0 Å². The van der Waals surface area contributed by atoms with Crippen LogP contribution in [0.2, 0.25) is 0 Å². The highest BCUT2D eigenvalue weighted by atomic mass is 16.5. The summed E-state index contributed by atoms with van der Waals surface area (Å²) in [5, 5.41) is 3.55. The molecule has 3 heteroatoms. The van der Waals surface area contributed by atoms with Gasteiger partial charge in [-0.25, -0.2) is 0 Å². The van der Waals surface area contributed by atoms with Crippen molar-refractivity contribution < 1.29 is 4.74 Å². The van der Waals surface area contributed by atoms with Crippen LogP contribution in [0.1, 0.15) is 33.1 Å². The molecule has 0 amide bonds. The van der Waals surface area contributed by atoms with Crippen LogP contribution in [-0.2, 0) is 4.74 Å². The first-order valence-corrected chi connectivity index (χ1v) is 6.40. The fourth-order valence-electron chi connectivity index (χ4n) is 2.17. The van der Waals surface area contributed by atoms with Crippen molar-refractivity contribution in [2.75, 3.05) is 39.4 Å². The summed E-state index contributed by atoms with van der Waals surface area (Å²) in [5.41, 5.74) is 0. The molecule has 0 saturated carbocycles. The fraction of sp³-hybridized carbons (Fsp3) is 1.00. The minimum atomic E-state index is 0.721. The molecule has 1 aliphatic heterocycles. The zero-order chi connectivity index (χ0) is 10.9. The number of rotatable bonds is 8. The minimum Gasteiger partial charge on any atom is -0.380 e. The molecule has 0 aliphatic carbocycles. The predicted octanol–water partition coefficient (Wildman–Crippen LogP) is 1.49. The molecule has 1 rings (SSSR count). The Kier molecular flexibility index (Phi) is 6.98. The Balaban J connectivity index is 2.16. The number of hydrogen-bond donors (Lipinski definition) is 1. The van der Waals surface area contributed by atoms with Crippen molar-refractivity contribution >= 4 is 0 Å². The molecule has 1 N–H and O–H groups in total.